The van der Waals surface area contributed by atoms with Crippen LogP contribution in [0, 0.1) is 5.92 Å². The molecule has 1 amide bonds. The summed E-state index contributed by atoms with van der Waals surface area (Å²) >= 11 is 0. The van der Waals surface area contributed by atoms with Crippen molar-refractivity contribution in [2.45, 2.75) is 19.4 Å². The molecule has 0 aliphatic carbocycles. The summed E-state index contributed by atoms with van der Waals surface area (Å²) in [5, 5.41) is 3.24. The Kier molecular flexibility index (Phi) is 10.6. The lowest BCUT2D eigenvalue weighted by molar-refractivity contribution is 0.0674. The lowest BCUT2D eigenvalue weighted by atomic mass is 9.97. The van der Waals surface area contributed by atoms with E-state index < -0.39 is 0 Å². The number of piperidine rings is 1. The first-order valence-electron chi connectivity index (χ1n) is 9.59. The summed E-state index contributed by atoms with van der Waals surface area (Å²) in [6, 6.07) is 8.27. The molecule has 2 saturated heterocycles. The highest BCUT2D eigenvalue weighted by Gasteiger charge is 2.24. The van der Waals surface area contributed by atoms with Gasteiger partial charge in [0.2, 0.25) is 0 Å². The van der Waals surface area contributed by atoms with Crippen molar-refractivity contribution in [3.8, 4) is 0 Å². The third-order valence-corrected chi connectivity index (χ3v) is 5.50. The summed E-state index contributed by atoms with van der Waals surface area (Å²) in [5.74, 6) is 0.770. The Hall–Kier alpha value is -0.850. The summed E-state index contributed by atoms with van der Waals surface area (Å²) in [4.78, 5) is 19.7. The SMILES string of the molecule is CNCC1CCCN(C(=O)c2ccc(CN3CCN(C)CC3)cc2)C1.Cl.Cl. The van der Waals surface area contributed by atoms with Crippen LogP contribution in [0.4, 0.5) is 0 Å². The highest BCUT2D eigenvalue weighted by molar-refractivity contribution is 5.94. The van der Waals surface area contributed by atoms with Gasteiger partial charge in [-0.2, -0.15) is 0 Å². The number of amides is 1. The maximum Gasteiger partial charge on any atom is 0.253 e. The molecule has 0 saturated carbocycles. The number of carbonyl (C=O) groups is 1. The zero-order chi connectivity index (χ0) is 17.6. The van der Waals surface area contributed by atoms with Crippen molar-refractivity contribution in [1.29, 1.82) is 0 Å². The van der Waals surface area contributed by atoms with Crippen LogP contribution in [0.15, 0.2) is 24.3 Å². The normalized spacial score (nSPS) is 21.3. The van der Waals surface area contributed by atoms with Crippen molar-refractivity contribution in [2.24, 2.45) is 5.92 Å². The first-order chi connectivity index (χ1) is 12.2. The third-order valence-electron chi connectivity index (χ3n) is 5.50. The third kappa shape index (κ3) is 6.91. The van der Waals surface area contributed by atoms with Crippen LogP contribution in [0.3, 0.4) is 0 Å². The zero-order valence-corrected chi connectivity index (χ0v) is 18.2. The molecule has 0 bridgehead atoms. The topological polar surface area (TPSA) is 38.8 Å². The molecule has 1 aromatic carbocycles. The molecule has 3 rings (SSSR count). The molecule has 0 spiro atoms. The maximum absolute atomic E-state index is 12.8. The molecule has 0 radical (unpaired) electrons. The Labute approximate surface area is 176 Å². The van der Waals surface area contributed by atoms with Gasteiger partial charge in [-0.25, -0.2) is 0 Å². The van der Waals surface area contributed by atoms with E-state index >= 15 is 0 Å². The van der Waals surface area contributed by atoms with Gasteiger partial charge < -0.3 is 15.1 Å². The minimum Gasteiger partial charge on any atom is -0.338 e. The van der Waals surface area contributed by atoms with Crippen LogP contribution in [-0.4, -0.2) is 80.5 Å². The molecule has 27 heavy (non-hydrogen) atoms. The van der Waals surface area contributed by atoms with Gasteiger partial charge in [-0.15, -0.1) is 24.8 Å². The first kappa shape index (κ1) is 24.2. The van der Waals surface area contributed by atoms with Gasteiger partial charge in [-0.1, -0.05) is 12.1 Å². The van der Waals surface area contributed by atoms with Crippen LogP contribution >= 0.6 is 24.8 Å². The Morgan fingerprint density at radius 2 is 1.74 bits per heavy atom. The Morgan fingerprint density at radius 1 is 1.07 bits per heavy atom. The van der Waals surface area contributed by atoms with Gasteiger partial charge in [0.1, 0.15) is 0 Å². The molecule has 2 aliphatic rings. The van der Waals surface area contributed by atoms with Gasteiger partial charge in [0, 0.05) is 51.4 Å². The van der Waals surface area contributed by atoms with Crippen molar-refractivity contribution < 1.29 is 4.79 Å². The molecule has 1 atom stereocenters. The molecule has 7 heteroatoms. The quantitative estimate of drug-likeness (QED) is 0.799. The zero-order valence-electron chi connectivity index (χ0n) is 16.5. The summed E-state index contributed by atoms with van der Waals surface area (Å²) in [6.45, 7) is 8.27. The molecule has 2 aliphatic heterocycles. The number of benzene rings is 1. The van der Waals surface area contributed by atoms with Crippen LogP contribution in [-0.2, 0) is 6.54 Å². The van der Waals surface area contributed by atoms with Gasteiger partial charge in [-0.3, -0.25) is 9.69 Å². The Morgan fingerprint density at radius 3 is 2.37 bits per heavy atom. The maximum atomic E-state index is 12.8. The average molecular weight is 417 g/mol. The molecule has 0 aromatic heterocycles. The van der Waals surface area contributed by atoms with Crippen molar-refractivity contribution >= 4 is 30.7 Å². The lowest BCUT2D eigenvalue weighted by Gasteiger charge is -2.33. The summed E-state index contributed by atoms with van der Waals surface area (Å²) in [5.41, 5.74) is 2.13. The fraction of sp³-hybridized carbons (Fsp3) is 0.650. The second-order valence-electron chi connectivity index (χ2n) is 7.59. The van der Waals surface area contributed by atoms with Gasteiger partial charge in [0.15, 0.2) is 0 Å². The number of hydrogen-bond acceptors (Lipinski definition) is 4. The molecular weight excluding hydrogens is 383 g/mol. The standard InChI is InChI=1S/C20H32N4O.2ClH/c1-21-14-18-4-3-9-24(16-18)20(25)19-7-5-17(6-8-19)15-23-12-10-22(2)11-13-23;;/h5-8,18,21H,3-4,9-16H2,1-2H3;2*1H. The second-order valence-corrected chi connectivity index (χ2v) is 7.59. The van der Waals surface area contributed by atoms with Crippen molar-refractivity contribution in [3.63, 3.8) is 0 Å². The molecule has 1 unspecified atom stereocenters. The summed E-state index contributed by atoms with van der Waals surface area (Å²) in [6.07, 6.45) is 2.33. The number of nitrogens with zero attached hydrogens (tertiary/aromatic N) is 3. The van der Waals surface area contributed by atoms with Gasteiger partial charge in [0.25, 0.3) is 5.91 Å². The molecule has 2 fully saturated rings. The predicted molar refractivity (Wildman–Crippen MR) is 116 cm³/mol. The molecule has 154 valence electrons. The highest BCUT2D eigenvalue weighted by atomic mass is 35.5. The summed E-state index contributed by atoms with van der Waals surface area (Å²) < 4.78 is 0. The molecule has 1 aromatic rings. The fourth-order valence-corrected chi connectivity index (χ4v) is 3.90. The van der Waals surface area contributed by atoms with Crippen molar-refractivity contribution in [3.05, 3.63) is 35.4 Å². The second kappa shape index (κ2) is 11.9. The Bertz CT molecular complexity index is 560. The average Bonchev–Trinajstić information content (AvgIpc) is 2.64. The van der Waals surface area contributed by atoms with Gasteiger partial charge in [-0.05, 0) is 57.1 Å². The smallest absolute Gasteiger partial charge is 0.253 e. The van der Waals surface area contributed by atoms with E-state index in [0.717, 1.165) is 64.3 Å². The van der Waals surface area contributed by atoms with Crippen molar-refractivity contribution in [1.82, 2.24) is 20.0 Å². The van der Waals surface area contributed by atoms with E-state index in [4.69, 9.17) is 0 Å². The van der Waals surface area contributed by atoms with Gasteiger partial charge in [0.05, 0.1) is 0 Å². The van der Waals surface area contributed by atoms with E-state index in [1.807, 2.05) is 24.1 Å². The fourth-order valence-electron chi connectivity index (χ4n) is 3.90. The van der Waals surface area contributed by atoms with E-state index in [2.05, 4.69) is 34.3 Å². The van der Waals surface area contributed by atoms with Crippen LogP contribution < -0.4 is 5.32 Å². The molecule has 1 N–H and O–H groups in total. The van der Waals surface area contributed by atoms with E-state index in [-0.39, 0.29) is 30.7 Å². The van der Waals surface area contributed by atoms with Crippen LogP contribution in [0.1, 0.15) is 28.8 Å². The van der Waals surface area contributed by atoms with Crippen LogP contribution in [0.2, 0.25) is 0 Å². The number of rotatable bonds is 5. The van der Waals surface area contributed by atoms with E-state index in [1.54, 1.807) is 0 Å². The Balaban J connectivity index is 0.00000182. The number of nitrogens with one attached hydrogen (secondary N) is 1. The number of piperazine rings is 1. The van der Waals surface area contributed by atoms with E-state index in [9.17, 15) is 4.79 Å². The summed E-state index contributed by atoms with van der Waals surface area (Å²) in [7, 11) is 4.17. The van der Waals surface area contributed by atoms with Crippen LogP contribution in [0.5, 0.6) is 0 Å². The first-order valence-corrected chi connectivity index (χ1v) is 9.59. The van der Waals surface area contributed by atoms with E-state index in [0.29, 0.717) is 5.92 Å². The largest absolute Gasteiger partial charge is 0.338 e. The number of halogens is 2. The molecule has 2 heterocycles. The number of carbonyl (C=O) groups excluding carboxylic acids is 1. The monoisotopic (exact) mass is 416 g/mol. The van der Waals surface area contributed by atoms with Gasteiger partial charge >= 0.3 is 0 Å². The lowest BCUT2D eigenvalue weighted by Crippen LogP contribution is -2.43. The number of hydrogen-bond donors (Lipinski definition) is 1. The number of likely N-dealkylation sites (N-methyl/N-ethyl adjacent to an activating group) is 1. The van der Waals surface area contributed by atoms with Crippen molar-refractivity contribution in [2.75, 3.05) is 59.9 Å². The van der Waals surface area contributed by atoms with Crippen LogP contribution in [0.25, 0.3) is 0 Å². The molecule has 5 nitrogen and oxygen atoms in total. The number of likely N-dealkylation sites (tertiary alicyclic amines) is 1. The highest BCUT2D eigenvalue weighted by Crippen LogP contribution is 2.19. The minimum atomic E-state index is 0. The minimum absolute atomic E-state index is 0. The van der Waals surface area contributed by atoms with E-state index in [1.165, 1.54) is 12.0 Å². The molecular formula is C20H34Cl2N4O. The predicted octanol–water partition coefficient (Wildman–Crippen LogP) is 2.35.